The fourth-order valence-corrected chi connectivity index (χ4v) is 8.57. The maximum Gasteiger partial charge on any atom is 0.329 e. The van der Waals surface area contributed by atoms with Crippen LogP contribution >= 0.6 is 0 Å². The van der Waals surface area contributed by atoms with Crippen molar-refractivity contribution in [2.24, 2.45) is 11.7 Å². The number of carbonyl (C=O) groups excluding carboxylic acids is 9. The Morgan fingerprint density at radius 2 is 1.33 bits per heavy atom. The number of phenolic OH excluding ortho intramolecular Hbond substituents is 2. The quantitative estimate of drug-likeness (QED) is 0.0931. The third-order valence-electron chi connectivity index (χ3n) is 12.7. The number of hydrogen-bond acceptors (Lipinski definition) is 13. The lowest BCUT2D eigenvalue weighted by Crippen LogP contribution is -2.65. The topological polar surface area (TPSA) is 316 Å². The van der Waals surface area contributed by atoms with Crippen LogP contribution in [0.15, 0.2) is 78.9 Å². The zero-order valence-electron chi connectivity index (χ0n) is 41.0. The third-order valence-corrected chi connectivity index (χ3v) is 12.7. The van der Waals surface area contributed by atoms with E-state index >= 15 is 4.79 Å². The van der Waals surface area contributed by atoms with Crippen LogP contribution in [-0.2, 0) is 67.2 Å². The zero-order chi connectivity index (χ0) is 52.8. The summed E-state index contributed by atoms with van der Waals surface area (Å²) in [4.78, 5) is 129. The number of phenols is 2. The Morgan fingerprint density at radius 1 is 0.750 bits per heavy atom. The first-order chi connectivity index (χ1) is 34.2. The molecule has 21 nitrogen and oxygen atoms in total. The molecule has 2 fully saturated rings. The second kappa shape index (κ2) is 25.5. The fourth-order valence-electron chi connectivity index (χ4n) is 8.57. The second-order valence-corrected chi connectivity index (χ2v) is 18.6. The number of carbonyl (C=O) groups is 9. The van der Waals surface area contributed by atoms with Crippen LogP contribution in [0.3, 0.4) is 0 Å². The Labute approximate surface area is 417 Å². The molecule has 9 atom stereocenters. The summed E-state index contributed by atoms with van der Waals surface area (Å²) in [6.45, 7) is 6.22. The standard InChI is InChI=1S/C51H66N8O13/c1-6-10-41(63)53-35(21-23-40(52)62)45(65)57-44-29(4)72-51(71)43(28(2)3)56-47(67)38(26-32-15-19-34(61)20-16-32)58(5)50(70)39(27-30-11-8-7-9-12-30)59-42(64)24-22-36(49(59)69)54-46(66)37(55-48(44)68)25-31-13-17-33(60)18-14-31/h7-9,11-20,28-29,35-39,42-44,60-61,64H,6,10,21-27H2,1-5H3,(H2,52,62)(H,53,63)(H,54,66)(H,55,68)(H,56,67)(H,57,65)/t29-,35+,36+,37+,38+,39+,42-,43+,44+/m1/s1. The summed E-state index contributed by atoms with van der Waals surface area (Å²) in [6.07, 6.45) is -4.07. The SMILES string of the molecule is CCCC(=O)N[C@@H](CCC(N)=O)C(=O)N[C@@H]1C(=O)N[C@@H](Cc2ccc(O)cc2)C(=O)N[C@H]2CC[C@@H](O)N(C2=O)[C@@H](Cc2ccccc2)C(=O)N(C)[C@@H](Cc2ccc(O)cc2)C(=O)N[C@@H](C(C)C)C(=O)O[C@@H]1C. The number of amides is 8. The fraction of sp³-hybridized carbons (Fsp3) is 0.471. The lowest BCUT2D eigenvalue weighted by Gasteiger charge is -2.43. The minimum absolute atomic E-state index is 0.0162. The van der Waals surface area contributed by atoms with Gasteiger partial charge in [0.1, 0.15) is 66.1 Å². The summed E-state index contributed by atoms with van der Waals surface area (Å²) in [5.41, 5.74) is 6.90. The van der Waals surface area contributed by atoms with Gasteiger partial charge in [0, 0.05) is 39.2 Å². The van der Waals surface area contributed by atoms with Crippen molar-refractivity contribution in [3.05, 3.63) is 95.6 Å². The first-order valence-corrected chi connectivity index (χ1v) is 24.0. The number of rotatable bonds is 15. The van der Waals surface area contributed by atoms with E-state index < -0.39 is 114 Å². The number of ether oxygens (including phenoxy) is 1. The third kappa shape index (κ3) is 15.0. The molecule has 0 saturated carbocycles. The molecule has 3 aromatic rings. The summed E-state index contributed by atoms with van der Waals surface area (Å²) in [6, 6.07) is 9.75. The number of aliphatic hydroxyl groups excluding tert-OH is 1. The number of nitrogens with zero attached hydrogens (tertiary/aromatic N) is 2. The maximum absolute atomic E-state index is 15.1. The number of aromatic hydroxyl groups is 2. The summed E-state index contributed by atoms with van der Waals surface area (Å²) in [7, 11) is 1.35. The van der Waals surface area contributed by atoms with Gasteiger partial charge in [0.2, 0.25) is 47.3 Å². The Kier molecular flexibility index (Phi) is 19.6. The van der Waals surface area contributed by atoms with E-state index in [9.17, 15) is 53.7 Å². The smallest absolute Gasteiger partial charge is 0.329 e. The van der Waals surface area contributed by atoms with Gasteiger partial charge in [0.15, 0.2) is 0 Å². The van der Waals surface area contributed by atoms with Gasteiger partial charge in [-0.15, -0.1) is 0 Å². The first-order valence-electron chi connectivity index (χ1n) is 24.0. The van der Waals surface area contributed by atoms with E-state index in [-0.39, 0.29) is 62.9 Å². The molecule has 3 aromatic carbocycles. The van der Waals surface area contributed by atoms with E-state index in [2.05, 4.69) is 26.6 Å². The molecule has 0 aromatic heterocycles. The van der Waals surface area contributed by atoms with Gasteiger partial charge in [-0.05, 0) is 79.5 Å². The molecule has 0 unspecified atom stereocenters. The van der Waals surface area contributed by atoms with Gasteiger partial charge in [-0.1, -0.05) is 75.4 Å². The average Bonchev–Trinajstić information content (AvgIpc) is 3.33. The van der Waals surface area contributed by atoms with Gasteiger partial charge in [-0.3, -0.25) is 38.4 Å². The molecule has 8 amide bonds. The predicted octanol–water partition coefficient (Wildman–Crippen LogP) is 0.353. The number of hydrogen-bond donors (Lipinski definition) is 9. The predicted molar refractivity (Wildman–Crippen MR) is 260 cm³/mol. The van der Waals surface area contributed by atoms with Crippen molar-refractivity contribution in [2.75, 3.05) is 7.05 Å². The Morgan fingerprint density at radius 3 is 1.92 bits per heavy atom. The van der Waals surface area contributed by atoms with Crippen LogP contribution in [0.5, 0.6) is 11.5 Å². The molecular formula is C51H66N8O13. The normalized spacial score (nSPS) is 24.1. The summed E-state index contributed by atoms with van der Waals surface area (Å²) < 4.78 is 5.89. The summed E-state index contributed by atoms with van der Waals surface area (Å²) in [5, 5.41) is 44.8. The van der Waals surface area contributed by atoms with Gasteiger partial charge in [0.25, 0.3) is 0 Å². The largest absolute Gasteiger partial charge is 0.508 e. The number of cyclic esters (lactones) is 1. The average molecular weight is 999 g/mol. The molecule has 2 bridgehead atoms. The van der Waals surface area contributed by atoms with Crippen molar-refractivity contribution >= 4 is 53.2 Å². The van der Waals surface area contributed by atoms with Gasteiger partial charge < -0.3 is 62.2 Å². The van der Waals surface area contributed by atoms with Gasteiger partial charge in [-0.25, -0.2) is 4.79 Å². The highest BCUT2D eigenvalue weighted by molar-refractivity contribution is 5.98. The van der Waals surface area contributed by atoms with Crippen LogP contribution in [0.1, 0.15) is 82.9 Å². The number of esters is 1. The van der Waals surface area contributed by atoms with Crippen molar-refractivity contribution in [1.29, 1.82) is 0 Å². The minimum Gasteiger partial charge on any atom is -0.508 e. The van der Waals surface area contributed by atoms with Crippen LogP contribution in [0, 0.1) is 5.92 Å². The zero-order valence-corrected chi connectivity index (χ0v) is 41.0. The molecule has 72 heavy (non-hydrogen) atoms. The molecule has 2 saturated heterocycles. The molecule has 0 radical (unpaired) electrons. The van der Waals surface area contributed by atoms with Gasteiger partial charge in [-0.2, -0.15) is 0 Å². The number of nitrogens with one attached hydrogen (secondary N) is 5. The maximum atomic E-state index is 15.1. The van der Waals surface area contributed by atoms with Crippen LogP contribution in [0.4, 0.5) is 0 Å². The first kappa shape index (κ1) is 55.4. The highest BCUT2D eigenvalue weighted by Crippen LogP contribution is 2.26. The van der Waals surface area contributed by atoms with Crippen molar-refractivity contribution in [3.63, 3.8) is 0 Å². The molecule has 5 rings (SSSR count). The van der Waals surface area contributed by atoms with Crippen LogP contribution < -0.4 is 32.3 Å². The number of fused-ring (bicyclic) bond motifs is 2. The molecule has 2 aliphatic rings. The van der Waals surface area contributed by atoms with Crippen LogP contribution in [0.25, 0.3) is 0 Å². The summed E-state index contributed by atoms with van der Waals surface area (Å²) in [5.74, 6) is -8.67. The van der Waals surface area contributed by atoms with Crippen molar-refractivity contribution in [3.8, 4) is 11.5 Å². The van der Waals surface area contributed by atoms with Crippen molar-refractivity contribution in [2.45, 2.75) is 140 Å². The summed E-state index contributed by atoms with van der Waals surface area (Å²) >= 11 is 0. The lowest BCUT2D eigenvalue weighted by molar-refractivity contribution is -0.165. The highest BCUT2D eigenvalue weighted by atomic mass is 16.5. The molecule has 2 heterocycles. The molecule has 2 aliphatic heterocycles. The van der Waals surface area contributed by atoms with E-state index in [0.717, 1.165) is 9.80 Å². The van der Waals surface area contributed by atoms with Crippen molar-refractivity contribution < 1.29 is 63.2 Å². The van der Waals surface area contributed by atoms with E-state index in [0.29, 0.717) is 23.1 Å². The number of piperidine rings is 1. The molecule has 21 heteroatoms. The second-order valence-electron chi connectivity index (χ2n) is 18.6. The molecule has 10 N–H and O–H groups in total. The Hall–Kier alpha value is -7.55. The van der Waals surface area contributed by atoms with E-state index in [1.165, 1.54) is 50.4 Å². The van der Waals surface area contributed by atoms with Gasteiger partial charge >= 0.3 is 5.97 Å². The number of aliphatic hydroxyl groups is 1. The van der Waals surface area contributed by atoms with Crippen LogP contribution in [0.2, 0.25) is 0 Å². The number of primary amides is 1. The Balaban J connectivity index is 1.65. The van der Waals surface area contributed by atoms with E-state index in [1.807, 2.05) is 0 Å². The lowest BCUT2D eigenvalue weighted by atomic mass is 9.95. The minimum atomic E-state index is -1.83. The number of nitrogens with two attached hydrogens (primary N) is 1. The van der Waals surface area contributed by atoms with Crippen LogP contribution in [-0.4, -0.2) is 140 Å². The molecular weight excluding hydrogens is 933 g/mol. The van der Waals surface area contributed by atoms with Gasteiger partial charge in [0.05, 0.1) is 0 Å². The highest BCUT2D eigenvalue weighted by Gasteiger charge is 2.46. The molecule has 0 aliphatic carbocycles. The van der Waals surface area contributed by atoms with Crippen molar-refractivity contribution in [1.82, 2.24) is 36.4 Å². The monoisotopic (exact) mass is 998 g/mol. The molecule has 388 valence electrons. The van der Waals surface area contributed by atoms with E-state index in [4.69, 9.17) is 10.5 Å². The number of benzene rings is 3. The molecule has 0 spiro atoms. The Bertz CT molecular complexity index is 2420. The van der Waals surface area contributed by atoms with E-state index in [1.54, 1.807) is 63.2 Å². The number of likely N-dealkylation sites (N-methyl/N-ethyl adjacent to an activating group) is 1.